The molecule has 2 aliphatic heterocycles. The number of aromatic hydroxyl groups is 1. The lowest BCUT2D eigenvalue weighted by atomic mass is 10.0. The number of rotatable bonds is 2. The van der Waals surface area contributed by atoms with Crippen LogP contribution in [0.25, 0.3) is 11.3 Å². The van der Waals surface area contributed by atoms with Crippen molar-refractivity contribution in [3.05, 3.63) is 34.6 Å². The maximum Gasteiger partial charge on any atom is 0.410 e. The first kappa shape index (κ1) is 26.3. The van der Waals surface area contributed by atoms with Crippen molar-refractivity contribution >= 4 is 23.5 Å². The molecule has 2 aromatic rings. The second-order valence-corrected chi connectivity index (χ2v) is 11.7. The number of hydrogen-bond acceptors (Lipinski definition) is 7. The number of carbonyl (C=O) groups excluding carboxylic acids is 1. The zero-order valence-corrected chi connectivity index (χ0v) is 22.4. The van der Waals surface area contributed by atoms with Crippen LogP contribution < -0.4 is 10.1 Å². The molecule has 1 aromatic carbocycles. The molecule has 196 valence electrons. The number of phenolic OH excluding ortho intramolecular Hbond substituents is 1. The van der Waals surface area contributed by atoms with E-state index in [1.54, 1.807) is 4.90 Å². The van der Waals surface area contributed by atoms with Gasteiger partial charge < -0.3 is 24.8 Å². The number of aromatic nitrogens is 1. The molecular formula is C26H34ClFN4O4. The topological polar surface area (TPSA) is 87.2 Å². The Bertz CT molecular complexity index is 1140. The molecule has 4 rings (SSSR count). The van der Waals surface area contributed by atoms with Crippen molar-refractivity contribution in [3.63, 3.8) is 0 Å². The van der Waals surface area contributed by atoms with Gasteiger partial charge in [-0.25, -0.2) is 14.2 Å². The van der Waals surface area contributed by atoms with Gasteiger partial charge in [0.2, 0.25) is 0 Å². The Morgan fingerprint density at radius 2 is 1.97 bits per heavy atom. The number of ether oxygens (including phenoxy) is 2. The highest BCUT2D eigenvalue weighted by Crippen LogP contribution is 2.45. The molecular weight excluding hydrogens is 487 g/mol. The first-order chi connectivity index (χ1) is 16.7. The summed E-state index contributed by atoms with van der Waals surface area (Å²) in [7, 11) is 0. The minimum absolute atomic E-state index is 0.0797. The van der Waals surface area contributed by atoms with Crippen molar-refractivity contribution in [3.8, 4) is 22.8 Å². The van der Waals surface area contributed by atoms with E-state index < -0.39 is 11.4 Å². The van der Waals surface area contributed by atoms with E-state index in [-0.39, 0.29) is 46.3 Å². The number of halogens is 2. The number of hydrogen-bond donors (Lipinski definition) is 2. The van der Waals surface area contributed by atoms with Gasteiger partial charge in [-0.1, -0.05) is 17.7 Å². The van der Waals surface area contributed by atoms with Crippen molar-refractivity contribution in [2.24, 2.45) is 0 Å². The van der Waals surface area contributed by atoms with Crippen LogP contribution in [0.2, 0.25) is 5.02 Å². The summed E-state index contributed by atoms with van der Waals surface area (Å²) in [5.74, 6) is 0.0132. The summed E-state index contributed by atoms with van der Waals surface area (Å²) in [6, 6.07) is 3.97. The molecule has 36 heavy (non-hydrogen) atoms. The Morgan fingerprint density at radius 1 is 1.25 bits per heavy atom. The van der Waals surface area contributed by atoms with E-state index in [1.165, 1.54) is 18.2 Å². The van der Waals surface area contributed by atoms with Crippen LogP contribution in [0.5, 0.6) is 11.5 Å². The molecule has 1 amide bonds. The number of carbonyl (C=O) groups is 1. The van der Waals surface area contributed by atoms with Gasteiger partial charge in [0.15, 0.2) is 0 Å². The second kappa shape index (κ2) is 9.59. The standard InChI is InChI=1S/C26H34ClFN4O4/c1-25(2,3)30-23-16-13-31-10-11-32(24(34)36-26(4,5)6)12-15(31)14-35-22(16)20(27)21(29-23)19-17(28)8-7-9-18(19)33/h7-9,15,33H,10-14H2,1-6H3,(H,29,30)/t15-/m1/s1. The lowest BCUT2D eigenvalue weighted by Gasteiger charge is -2.40. The van der Waals surface area contributed by atoms with Gasteiger partial charge in [-0.15, -0.1) is 0 Å². The second-order valence-electron chi connectivity index (χ2n) is 11.3. The zero-order valence-electron chi connectivity index (χ0n) is 21.6. The minimum Gasteiger partial charge on any atom is -0.507 e. The third kappa shape index (κ3) is 5.62. The highest BCUT2D eigenvalue weighted by atomic mass is 35.5. The number of anilines is 1. The fraction of sp³-hybridized carbons (Fsp3) is 0.538. The fourth-order valence-corrected chi connectivity index (χ4v) is 4.68. The minimum atomic E-state index is -0.634. The maximum atomic E-state index is 14.8. The molecule has 1 saturated heterocycles. The lowest BCUT2D eigenvalue weighted by Crippen LogP contribution is -2.56. The number of fused-ring (bicyclic) bond motifs is 2. The lowest BCUT2D eigenvalue weighted by molar-refractivity contribution is -0.00153. The summed E-state index contributed by atoms with van der Waals surface area (Å²) < 4.78 is 26.6. The number of pyridine rings is 1. The monoisotopic (exact) mass is 520 g/mol. The number of benzene rings is 1. The summed E-state index contributed by atoms with van der Waals surface area (Å²) in [6.45, 7) is 13.9. The van der Waals surface area contributed by atoms with Crippen LogP contribution in [-0.4, -0.2) is 69.4 Å². The van der Waals surface area contributed by atoms with Crippen molar-refractivity contribution in [2.75, 3.05) is 31.6 Å². The van der Waals surface area contributed by atoms with Gasteiger partial charge in [-0.2, -0.15) is 0 Å². The van der Waals surface area contributed by atoms with Gasteiger partial charge in [0, 0.05) is 31.7 Å². The third-order valence-corrected chi connectivity index (χ3v) is 6.30. The first-order valence-electron chi connectivity index (χ1n) is 12.1. The van der Waals surface area contributed by atoms with Gasteiger partial charge in [0.1, 0.15) is 46.1 Å². The third-order valence-electron chi connectivity index (χ3n) is 5.95. The van der Waals surface area contributed by atoms with Crippen LogP contribution in [0.15, 0.2) is 18.2 Å². The van der Waals surface area contributed by atoms with Crippen LogP contribution in [0, 0.1) is 5.82 Å². The summed E-state index contributed by atoms with van der Waals surface area (Å²) >= 11 is 6.77. The quantitative estimate of drug-likeness (QED) is 0.557. The van der Waals surface area contributed by atoms with Crippen LogP contribution in [0.1, 0.15) is 47.1 Å². The van der Waals surface area contributed by atoms with E-state index in [0.29, 0.717) is 37.7 Å². The summed E-state index contributed by atoms with van der Waals surface area (Å²) in [6.07, 6.45) is -0.351. The number of amides is 1. The molecule has 0 unspecified atom stereocenters. The van der Waals surface area contributed by atoms with Crippen LogP contribution in [0.3, 0.4) is 0 Å². The molecule has 2 aliphatic rings. The fourth-order valence-electron chi connectivity index (χ4n) is 4.38. The Labute approximate surface area is 216 Å². The molecule has 0 spiro atoms. The van der Waals surface area contributed by atoms with E-state index in [2.05, 4.69) is 10.2 Å². The zero-order chi connectivity index (χ0) is 26.4. The van der Waals surface area contributed by atoms with Gasteiger partial charge in [-0.3, -0.25) is 4.90 Å². The van der Waals surface area contributed by atoms with Gasteiger partial charge in [0.25, 0.3) is 0 Å². The number of nitrogens with one attached hydrogen (secondary N) is 1. The highest BCUT2D eigenvalue weighted by Gasteiger charge is 2.37. The molecule has 1 fully saturated rings. The number of phenols is 1. The summed E-state index contributed by atoms with van der Waals surface area (Å²) in [5, 5.41) is 14.0. The molecule has 0 aliphatic carbocycles. The largest absolute Gasteiger partial charge is 0.507 e. The van der Waals surface area contributed by atoms with Gasteiger partial charge in [-0.05, 0) is 53.7 Å². The Morgan fingerprint density at radius 3 is 2.61 bits per heavy atom. The molecule has 2 N–H and O–H groups in total. The smallest absolute Gasteiger partial charge is 0.410 e. The number of nitrogens with zero attached hydrogens (tertiary/aromatic N) is 3. The first-order valence-corrected chi connectivity index (χ1v) is 12.4. The van der Waals surface area contributed by atoms with Crippen LogP contribution in [-0.2, 0) is 11.3 Å². The van der Waals surface area contributed by atoms with Gasteiger partial charge >= 0.3 is 6.09 Å². The summed E-state index contributed by atoms with van der Waals surface area (Å²) in [5.41, 5.74) is -0.157. The molecule has 8 nitrogen and oxygen atoms in total. The van der Waals surface area contributed by atoms with Crippen molar-refractivity contribution < 1.29 is 23.8 Å². The average Bonchev–Trinajstić information content (AvgIpc) is 2.94. The molecule has 3 heterocycles. The molecule has 0 bridgehead atoms. The average molecular weight is 521 g/mol. The van der Waals surface area contributed by atoms with Crippen molar-refractivity contribution in [1.29, 1.82) is 0 Å². The SMILES string of the molecule is CC(C)(C)Nc1nc(-c2c(O)cccc2F)c(Cl)c2c1CN1CCN(C(=O)OC(C)(C)C)C[C@@H]1CO2. The molecule has 1 aromatic heterocycles. The Kier molecular flexibility index (Phi) is 7.00. The number of piperazine rings is 1. The Hall–Kier alpha value is -2.78. The predicted molar refractivity (Wildman–Crippen MR) is 137 cm³/mol. The van der Waals surface area contributed by atoms with E-state index in [0.717, 1.165) is 5.56 Å². The molecule has 0 radical (unpaired) electrons. The highest BCUT2D eigenvalue weighted by molar-refractivity contribution is 6.35. The molecule has 0 saturated carbocycles. The van der Waals surface area contributed by atoms with E-state index >= 15 is 0 Å². The predicted octanol–water partition coefficient (Wildman–Crippen LogP) is 5.27. The Balaban J connectivity index is 1.72. The van der Waals surface area contributed by atoms with E-state index in [1.807, 2.05) is 41.5 Å². The van der Waals surface area contributed by atoms with Crippen LogP contribution in [0.4, 0.5) is 15.0 Å². The van der Waals surface area contributed by atoms with Gasteiger partial charge in [0.05, 0.1) is 17.2 Å². The van der Waals surface area contributed by atoms with Crippen LogP contribution >= 0.6 is 11.6 Å². The summed E-state index contributed by atoms with van der Waals surface area (Å²) in [4.78, 5) is 21.3. The maximum absolute atomic E-state index is 14.8. The van der Waals surface area contributed by atoms with E-state index in [9.17, 15) is 14.3 Å². The van der Waals surface area contributed by atoms with Crippen molar-refractivity contribution in [2.45, 2.75) is 65.3 Å². The normalized spacial score (nSPS) is 18.6. The van der Waals surface area contributed by atoms with E-state index in [4.69, 9.17) is 26.1 Å². The molecule has 1 atom stereocenters. The molecule has 10 heteroatoms. The van der Waals surface area contributed by atoms with Crippen molar-refractivity contribution in [1.82, 2.24) is 14.8 Å².